The van der Waals surface area contributed by atoms with Crippen LogP contribution in [0, 0.1) is 5.82 Å². The third-order valence-corrected chi connectivity index (χ3v) is 3.10. The highest BCUT2D eigenvalue weighted by Gasteiger charge is 2.13. The third kappa shape index (κ3) is 3.31. The number of rotatable bonds is 4. The van der Waals surface area contributed by atoms with Crippen molar-refractivity contribution in [3.8, 4) is 0 Å². The Hall–Kier alpha value is -2.56. The molecule has 4 nitrogen and oxygen atoms in total. The smallest absolute Gasteiger partial charge is 0.338 e. The zero-order valence-electron chi connectivity index (χ0n) is 12.0. The average molecular weight is 288 g/mol. The van der Waals surface area contributed by atoms with Gasteiger partial charge >= 0.3 is 5.97 Å². The monoisotopic (exact) mass is 288 g/mol. The number of esters is 1. The number of carbonyl (C=O) groups excluding carboxylic acids is 1. The number of hydrogen-bond acceptors (Lipinski definition) is 4. The Morgan fingerprint density at radius 2 is 2.05 bits per heavy atom. The molecule has 2 aromatic carbocycles. The molecule has 0 aliphatic carbocycles. The normalized spacial score (nSPS) is 10.2. The first kappa shape index (κ1) is 14.8. The first-order valence-corrected chi connectivity index (χ1v) is 6.59. The molecule has 0 heterocycles. The van der Waals surface area contributed by atoms with Crippen LogP contribution in [0.1, 0.15) is 17.3 Å². The molecule has 2 N–H and O–H groups in total. The van der Waals surface area contributed by atoms with E-state index in [-0.39, 0.29) is 5.82 Å². The summed E-state index contributed by atoms with van der Waals surface area (Å²) in [5.41, 5.74) is 8.11. The number of nitrogens with two attached hydrogens (primary N) is 1. The lowest BCUT2D eigenvalue weighted by molar-refractivity contribution is 0.0526. The molecule has 0 radical (unpaired) electrons. The van der Waals surface area contributed by atoms with E-state index in [0.717, 1.165) is 0 Å². The molecule has 0 aliphatic heterocycles. The summed E-state index contributed by atoms with van der Waals surface area (Å²) < 4.78 is 18.3. The van der Waals surface area contributed by atoms with Gasteiger partial charge in [0.25, 0.3) is 0 Å². The summed E-state index contributed by atoms with van der Waals surface area (Å²) in [5.74, 6) is -0.745. The van der Waals surface area contributed by atoms with Gasteiger partial charge < -0.3 is 15.4 Å². The molecule has 110 valence electrons. The second kappa shape index (κ2) is 6.26. The van der Waals surface area contributed by atoms with Crippen LogP contribution in [0.4, 0.5) is 21.5 Å². The number of halogens is 1. The van der Waals surface area contributed by atoms with Crippen molar-refractivity contribution in [2.24, 2.45) is 0 Å². The van der Waals surface area contributed by atoms with Gasteiger partial charge in [-0.15, -0.1) is 0 Å². The van der Waals surface area contributed by atoms with Crippen molar-refractivity contribution >= 4 is 23.0 Å². The summed E-state index contributed by atoms with van der Waals surface area (Å²) in [5, 5.41) is 0. The van der Waals surface area contributed by atoms with Crippen LogP contribution in [0.25, 0.3) is 0 Å². The van der Waals surface area contributed by atoms with E-state index < -0.39 is 5.97 Å². The van der Waals surface area contributed by atoms with Crippen molar-refractivity contribution in [1.29, 1.82) is 0 Å². The summed E-state index contributed by atoms with van der Waals surface area (Å²) in [6, 6.07) is 11.0. The van der Waals surface area contributed by atoms with Gasteiger partial charge in [0.15, 0.2) is 0 Å². The molecule has 0 amide bonds. The maximum Gasteiger partial charge on any atom is 0.338 e. The van der Waals surface area contributed by atoms with Crippen LogP contribution < -0.4 is 10.6 Å². The molecule has 0 atom stereocenters. The Balaban J connectivity index is 2.38. The molecule has 5 heteroatoms. The van der Waals surface area contributed by atoms with Crippen molar-refractivity contribution in [3.05, 3.63) is 53.8 Å². The van der Waals surface area contributed by atoms with Gasteiger partial charge in [-0.05, 0) is 43.3 Å². The lowest BCUT2D eigenvalue weighted by Gasteiger charge is -2.22. The lowest BCUT2D eigenvalue weighted by Crippen LogP contribution is -2.13. The summed E-state index contributed by atoms with van der Waals surface area (Å²) >= 11 is 0. The topological polar surface area (TPSA) is 55.6 Å². The Labute approximate surface area is 122 Å². The van der Waals surface area contributed by atoms with Crippen LogP contribution in [-0.2, 0) is 4.74 Å². The van der Waals surface area contributed by atoms with Crippen LogP contribution in [0.15, 0.2) is 42.5 Å². The van der Waals surface area contributed by atoms with Gasteiger partial charge in [-0.25, -0.2) is 9.18 Å². The molecule has 0 aromatic heterocycles. The molecule has 21 heavy (non-hydrogen) atoms. The van der Waals surface area contributed by atoms with Gasteiger partial charge in [-0.3, -0.25) is 0 Å². The number of hydrogen-bond donors (Lipinski definition) is 1. The van der Waals surface area contributed by atoms with E-state index in [2.05, 4.69) is 0 Å². The highest BCUT2D eigenvalue weighted by atomic mass is 19.1. The summed E-state index contributed by atoms with van der Waals surface area (Å²) in [6.45, 7) is 2.05. The van der Waals surface area contributed by atoms with E-state index in [9.17, 15) is 9.18 Å². The SMILES string of the molecule is CCOC(=O)c1ccc(N)c(N(C)c2cccc(F)c2)c1. The zero-order valence-corrected chi connectivity index (χ0v) is 12.0. The molecule has 0 saturated carbocycles. The number of carbonyl (C=O) groups is 1. The number of anilines is 3. The highest BCUT2D eigenvalue weighted by molar-refractivity contribution is 5.92. The fraction of sp³-hybridized carbons (Fsp3) is 0.188. The zero-order chi connectivity index (χ0) is 15.4. The van der Waals surface area contributed by atoms with Crippen LogP contribution >= 0.6 is 0 Å². The third-order valence-electron chi connectivity index (χ3n) is 3.10. The van der Waals surface area contributed by atoms with Gasteiger partial charge in [0.2, 0.25) is 0 Å². The molecule has 0 fully saturated rings. The lowest BCUT2D eigenvalue weighted by atomic mass is 10.1. The van der Waals surface area contributed by atoms with Crippen molar-refractivity contribution < 1.29 is 13.9 Å². The Morgan fingerprint density at radius 1 is 1.29 bits per heavy atom. The van der Waals surface area contributed by atoms with E-state index in [1.807, 2.05) is 0 Å². The standard InChI is InChI=1S/C16H17FN2O2/c1-3-21-16(20)11-7-8-14(18)15(9-11)19(2)13-6-4-5-12(17)10-13/h4-10H,3,18H2,1-2H3. The van der Waals surface area contributed by atoms with Crippen molar-refractivity contribution in [2.45, 2.75) is 6.92 Å². The van der Waals surface area contributed by atoms with E-state index >= 15 is 0 Å². The minimum atomic E-state index is -0.411. The van der Waals surface area contributed by atoms with Gasteiger partial charge in [-0.2, -0.15) is 0 Å². The fourth-order valence-corrected chi connectivity index (χ4v) is 2.00. The molecule has 0 saturated heterocycles. The van der Waals surface area contributed by atoms with Crippen LogP contribution in [0.3, 0.4) is 0 Å². The highest BCUT2D eigenvalue weighted by Crippen LogP contribution is 2.30. The second-order valence-electron chi connectivity index (χ2n) is 4.53. The summed E-state index contributed by atoms with van der Waals surface area (Å²) in [6.07, 6.45) is 0. The molecule has 2 rings (SSSR count). The van der Waals surface area contributed by atoms with Crippen molar-refractivity contribution in [1.82, 2.24) is 0 Å². The fourth-order valence-electron chi connectivity index (χ4n) is 2.00. The van der Waals surface area contributed by atoms with Crippen molar-refractivity contribution in [2.75, 3.05) is 24.3 Å². The van der Waals surface area contributed by atoms with Crippen LogP contribution in [0.5, 0.6) is 0 Å². The first-order valence-electron chi connectivity index (χ1n) is 6.59. The first-order chi connectivity index (χ1) is 10.0. The molecule has 0 bridgehead atoms. The minimum Gasteiger partial charge on any atom is -0.462 e. The number of ether oxygens (including phenoxy) is 1. The molecule has 0 aliphatic rings. The second-order valence-corrected chi connectivity index (χ2v) is 4.53. The largest absolute Gasteiger partial charge is 0.462 e. The molecule has 0 unspecified atom stereocenters. The number of nitrogen functional groups attached to an aromatic ring is 1. The Bertz CT molecular complexity index is 658. The quantitative estimate of drug-likeness (QED) is 0.692. The van der Waals surface area contributed by atoms with E-state index in [4.69, 9.17) is 10.5 Å². The molecule has 2 aromatic rings. The summed E-state index contributed by atoms with van der Waals surface area (Å²) in [7, 11) is 1.76. The summed E-state index contributed by atoms with van der Waals surface area (Å²) in [4.78, 5) is 13.5. The van der Waals surface area contributed by atoms with Gasteiger partial charge in [0, 0.05) is 12.7 Å². The van der Waals surface area contributed by atoms with Gasteiger partial charge in [0.1, 0.15) is 5.82 Å². The van der Waals surface area contributed by atoms with Gasteiger partial charge in [0.05, 0.1) is 23.5 Å². The van der Waals surface area contributed by atoms with Crippen molar-refractivity contribution in [3.63, 3.8) is 0 Å². The van der Waals surface area contributed by atoms with E-state index in [1.54, 1.807) is 49.2 Å². The average Bonchev–Trinajstić information content (AvgIpc) is 2.47. The van der Waals surface area contributed by atoms with Gasteiger partial charge in [-0.1, -0.05) is 6.07 Å². The Kier molecular flexibility index (Phi) is 4.42. The van der Waals surface area contributed by atoms with Crippen LogP contribution in [-0.4, -0.2) is 19.6 Å². The van der Waals surface area contributed by atoms with E-state index in [0.29, 0.717) is 29.2 Å². The Morgan fingerprint density at radius 3 is 2.71 bits per heavy atom. The van der Waals surface area contributed by atoms with E-state index in [1.165, 1.54) is 12.1 Å². The molecule has 0 spiro atoms. The predicted octanol–water partition coefficient (Wildman–Crippen LogP) is 3.35. The maximum absolute atomic E-state index is 13.3. The minimum absolute atomic E-state index is 0.304. The van der Waals surface area contributed by atoms with Crippen LogP contribution in [0.2, 0.25) is 0 Å². The number of nitrogens with zero attached hydrogens (tertiary/aromatic N) is 1. The maximum atomic E-state index is 13.3. The molecular formula is C16H17FN2O2. The predicted molar refractivity (Wildman–Crippen MR) is 81.3 cm³/mol. The number of benzene rings is 2. The molecular weight excluding hydrogens is 271 g/mol.